The van der Waals surface area contributed by atoms with Gasteiger partial charge < -0.3 is 14.2 Å². The van der Waals surface area contributed by atoms with Gasteiger partial charge in [-0.1, -0.05) is 90.0 Å². The van der Waals surface area contributed by atoms with Gasteiger partial charge in [0.05, 0.1) is 11.2 Å². The van der Waals surface area contributed by atoms with E-state index in [4.69, 9.17) is 4.74 Å². The second-order valence-corrected chi connectivity index (χ2v) is 13.8. The molecule has 0 unspecified atom stereocenters. The lowest BCUT2D eigenvalue weighted by Gasteiger charge is -2.40. The molecular formula is C42H31BN2OS. The predicted molar refractivity (Wildman–Crippen MR) is 196 cm³/mol. The van der Waals surface area contributed by atoms with Crippen LogP contribution in [0.4, 0.5) is 17.1 Å². The van der Waals surface area contributed by atoms with Crippen molar-refractivity contribution in [3.05, 3.63) is 151 Å². The quantitative estimate of drug-likeness (QED) is 0.182. The standard InChI is InChI=1S/C42H31BN2OS/c1-2-13-29(14-3-1)46-39-22-10-9-20-37(39)45-36-26-25-28(44-34-18-7-4-15-30(34)31-16-5-8-19-35(31)44)27-33(36)43-32-17-6-11-23-40(32)47-41-24-12-21-38(45)42(41)43/h1-4,6-7,9-15,17-18,20-27H,5,8,16,19H2. The van der Waals surface area contributed by atoms with Crippen molar-refractivity contribution in [1.29, 1.82) is 0 Å². The highest BCUT2D eigenvalue weighted by molar-refractivity contribution is 8.00. The van der Waals surface area contributed by atoms with Crippen LogP contribution in [-0.4, -0.2) is 11.3 Å². The summed E-state index contributed by atoms with van der Waals surface area (Å²) in [4.78, 5) is 5.09. The molecule has 0 saturated heterocycles. The fourth-order valence-corrected chi connectivity index (χ4v) is 9.32. The maximum absolute atomic E-state index is 6.59. The van der Waals surface area contributed by atoms with Crippen molar-refractivity contribution in [3.8, 4) is 17.2 Å². The van der Waals surface area contributed by atoms with Gasteiger partial charge in [-0.3, -0.25) is 0 Å². The number of aromatic nitrogens is 1. The van der Waals surface area contributed by atoms with Crippen LogP contribution in [-0.2, 0) is 12.8 Å². The number of hydrogen-bond donors (Lipinski definition) is 0. The van der Waals surface area contributed by atoms with E-state index in [1.54, 1.807) is 0 Å². The molecule has 3 heterocycles. The number of anilines is 3. The van der Waals surface area contributed by atoms with Crippen LogP contribution in [0.3, 0.4) is 0 Å². The molecule has 0 bridgehead atoms. The van der Waals surface area contributed by atoms with Crippen LogP contribution in [0.2, 0.25) is 0 Å². The lowest BCUT2D eigenvalue weighted by Crippen LogP contribution is -2.59. The van der Waals surface area contributed by atoms with Crippen LogP contribution in [0.5, 0.6) is 11.5 Å². The first-order valence-corrected chi connectivity index (χ1v) is 17.4. The van der Waals surface area contributed by atoms with Crippen molar-refractivity contribution in [2.24, 2.45) is 0 Å². The average Bonchev–Trinajstić information content (AvgIpc) is 3.47. The van der Waals surface area contributed by atoms with E-state index in [0.717, 1.165) is 30.0 Å². The second kappa shape index (κ2) is 10.7. The summed E-state index contributed by atoms with van der Waals surface area (Å²) < 4.78 is 9.15. The van der Waals surface area contributed by atoms with Gasteiger partial charge in [0, 0.05) is 37.9 Å². The first kappa shape index (κ1) is 27.0. The monoisotopic (exact) mass is 622 g/mol. The normalized spacial score (nSPS) is 14.3. The summed E-state index contributed by atoms with van der Waals surface area (Å²) in [5, 5.41) is 1.40. The first-order valence-electron chi connectivity index (χ1n) is 16.6. The summed E-state index contributed by atoms with van der Waals surface area (Å²) in [5.41, 5.74) is 13.1. The number of rotatable bonds is 4. The maximum Gasteiger partial charge on any atom is 0.249 e. The van der Waals surface area contributed by atoms with E-state index in [1.807, 2.05) is 42.1 Å². The number of fused-ring (bicyclic) bond motifs is 7. The number of aryl methyl sites for hydroxylation is 1. The van der Waals surface area contributed by atoms with Crippen LogP contribution >= 0.6 is 11.8 Å². The Morgan fingerprint density at radius 3 is 2.32 bits per heavy atom. The van der Waals surface area contributed by atoms with Gasteiger partial charge in [-0.15, -0.1) is 0 Å². The van der Waals surface area contributed by atoms with E-state index in [0.29, 0.717) is 0 Å². The minimum Gasteiger partial charge on any atom is -0.455 e. The van der Waals surface area contributed by atoms with Gasteiger partial charge in [0.2, 0.25) is 6.71 Å². The Morgan fingerprint density at radius 2 is 1.36 bits per heavy atom. The van der Waals surface area contributed by atoms with Crippen molar-refractivity contribution in [1.82, 2.24) is 4.57 Å². The molecule has 3 nitrogen and oxygen atoms in total. The van der Waals surface area contributed by atoms with E-state index < -0.39 is 0 Å². The third kappa shape index (κ3) is 4.16. The molecule has 10 rings (SSSR count). The van der Waals surface area contributed by atoms with Gasteiger partial charge in [0.25, 0.3) is 0 Å². The summed E-state index contributed by atoms with van der Waals surface area (Å²) >= 11 is 1.89. The Kier molecular flexibility index (Phi) is 6.16. The largest absolute Gasteiger partial charge is 0.455 e. The summed E-state index contributed by atoms with van der Waals surface area (Å²) in [7, 11) is 0. The summed E-state index contributed by atoms with van der Waals surface area (Å²) in [6.07, 6.45) is 4.78. The summed E-state index contributed by atoms with van der Waals surface area (Å²) in [5.74, 6) is 1.66. The van der Waals surface area contributed by atoms with E-state index in [-0.39, 0.29) is 6.71 Å². The van der Waals surface area contributed by atoms with Crippen LogP contribution in [0.25, 0.3) is 16.6 Å². The van der Waals surface area contributed by atoms with E-state index in [9.17, 15) is 0 Å². The molecule has 0 fully saturated rings. The van der Waals surface area contributed by atoms with Crippen LogP contribution in [0.1, 0.15) is 24.1 Å². The molecule has 0 amide bonds. The third-order valence-electron chi connectivity index (χ3n) is 10.1. The number of benzene rings is 6. The lowest BCUT2D eigenvalue weighted by atomic mass is 9.35. The van der Waals surface area contributed by atoms with Gasteiger partial charge in [-0.2, -0.15) is 0 Å². The molecule has 5 heteroatoms. The zero-order valence-corrected chi connectivity index (χ0v) is 26.7. The third-order valence-corrected chi connectivity index (χ3v) is 11.3. The topological polar surface area (TPSA) is 17.4 Å². The molecule has 3 aliphatic rings. The van der Waals surface area contributed by atoms with Gasteiger partial charge >= 0.3 is 0 Å². The van der Waals surface area contributed by atoms with Gasteiger partial charge in [-0.25, -0.2) is 0 Å². The molecule has 1 aliphatic carbocycles. The van der Waals surface area contributed by atoms with Crippen molar-refractivity contribution < 1.29 is 4.74 Å². The SMILES string of the molecule is c1ccc(Oc2ccccc2N2c3ccc(-n4c5c(c6ccccc64)CCCC5)cc3B3c4ccccc4Sc4cccc2c43)cc1. The minimum atomic E-state index is 0.129. The molecule has 1 aromatic heterocycles. The minimum absolute atomic E-state index is 0.129. The Bertz CT molecular complexity index is 2350. The summed E-state index contributed by atoms with van der Waals surface area (Å²) in [6.45, 7) is 0.129. The van der Waals surface area contributed by atoms with Gasteiger partial charge in [0.1, 0.15) is 5.75 Å². The van der Waals surface area contributed by atoms with E-state index in [1.165, 1.54) is 78.2 Å². The molecule has 0 radical (unpaired) electrons. The highest BCUT2D eigenvalue weighted by Crippen LogP contribution is 2.46. The van der Waals surface area contributed by atoms with Crippen molar-refractivity contribution >= 4 is 62.8 Å². The van der Waals surface area contributed by atoms with Crippen LogP contribution in [0, 0.1) is 0 Å². The molecular weight excluding hydrogens is 591 g/mol. The number of para-hydroxylation sites is 4. The number of hydrogen-bond acceptors (Lipinski definition) is 3. The molecule has 0 atom stereocenters. The molecule has 0 spiro atoms. The fourth-order valence-electron chi connectivity index (χ4n) is 8.15. The average molecular weight is 623 g/mol. The van der Waals surface area contributed by atoms with Crippen molar-refractivity contribution in [2.45, 2.75) is 35.5 Å². The van der Waals surface area contributed by atoms with Gasteiger partial charge in [0.15, 0.2) is 5.75 Å². The lowest BCUT2D eigenvalue weighted by molar-refractivity contribution is 0.484. The van der Waals surface area contributed by atoms with E-state index >= 15 is 0 Å². The van der Waals surface area contributed by atoms with E-state index in [2.05, 4.69) is 119 Å². The predicted octanol–water partition coefficient (Wildman–Crippen LogP) is 9.07. The maximum atomic E-state index is 6.59. The van der Waals surface area contributed by atoms with Gasteiger partial charge in [-0.05, 0) is 109 Å². The van der Waals surface area contributed by atoms with Crippen LogP contribution in [0.15, 0.2) is 149 Å². The molecule has 224 valence electrons. The molecule has 2 aliphatic heterocycles. The second-order valence-electron chi connectivity index (χ2n) is 12.7. The molecule has 47 heavy (non-hydrogen) atoms. The van der Waals surface area contributed by atoms with Crippen LogP contribution < -0.4 is 26.0 Å². The zero-order chi connectivity index (χ0) is 30.9. The first-order chi connectivity index (χ1) is 23.3. The smallest absolute Gasteiger partial charge is 0.249 e. The highest BCUT2D eigenvalue weighted by atomic mass is 32.2. The van der Waals surface area contributed by atoms with Crippen molar-refractivity contribution in [2.75, 3.05) is 4.90 Å². The molecule has 6 aromatic carbocycles. The Morgan fingerprint density at radius 1 is 0.596 bits per heavy atom. The highest BCUT2D eigenvalue weighted by Gasteiger charge is 2.41. The Labute approximate surface area is 279 Å². The Balaban J connectivity index is 1.24. The summed E-state index contributed by atoms with van der Waals surface area (Å²) in [6, 6.07) is 50.5. The molecule has 0 saturated carbocycles. The Hall–Kier alpha value is -5.13. The molecule has 0 N–H and O–H groups in total. The molecule has 7 aromatic rings. The zero-order valence-electron chi connectivity index (χ0n) is 25.9. The number of nitrogens with zero attached hydrogens (tertiary/aromatic N) is 2. The number of ether oxygens (including phenoxy) is 1. The van der Waals surface area contributed by atoms with Crippen molar-refractivity contribution in [3.63, 3.8) is 0 Å². The fraction of sp³-hybridized carbons (Fsp3) is 0.0952.